The molecule has 1 atom stereocenters. The van der Waals surface area contributed by atoms with Crippen LogP contribution in [0.25, 0.3) is 0 Å². The zero-order chi connectivity index (χ0) is 13.9. The molecule has 0 spiro atoms. The number of amides is 1. The summed E-state index contributed by atoms with van der Waals surface area (Å²) in [5.74, 6) is 1.42. The summed E-state index contributed by atoms with van der Waals surface area (Å²) in [4.78, 5) is 22.1. The largest absolute Gasteiger partial charge is 0.340 e. The van der Waals surface area contributed by atoms with Gasteiger partial charge >= 0.3 is 0 Å². The third-order valence-electron chi connectivity index (χ3n) is 3.43. The molecule has 3 rings (SSSR count). The summed E-state index contributed by atoms with van der Waals surface area (Å²) in [6.45, 7) is 3.39. The van der Waals surface area contributed by atoms with Gasteiger partial charge < -0.3 is 9.42 Å². The van der Waals surface area contributed by atoms with E-state index in [9.17, 15) is 4.79 Å². The van der Waals surface area contributed by atoms with Crippen molar-refractivity contribution in [3.05, 3.63) is 24.4 Å². The summed E-state index contributed by atoms with van der Waals surface area (Å²) in [7, 11) is 0. The Morgan fingerprint density at radius 2 is 2.45 bits per heavy atom. The van der Waals surface area contributed by atoms with Crippen molar-refractivity contribution in [2.75, 3.05) is 13.1 Å². The van der Waals surface area contributed by atoms with Crippen LogP contribution in [0.3, 0.4) is 0 Å². The normalized spacial score (nSPS) is 19.2. The van der Waals surface area contributed by atoms with Gasteiger partial charge in [-0.05, 0) is 19.8 Å². The maximum atomic E-state index is 12.2. The third-order valence-corrected chi connectivity index (χ3v) is 3.43. The van der Waals surface area contributed by atoms with Gasteiger partial charge in [-0.1, -0.05) is 5.16 Å². The number of nitrogens with zero attached hydrogens (tertiary/aromatic N) is 6. The first kappa shape index (κ1) is 12.8. The van der Waals surface area contributed by atoms with E-state index in [1.54, 1.807) is 13.3 Å². The smallest absolute Gasteiger partial charge is 0.244 e. The predicted octanol–water partition coefficient (Wildman–Crippen LogP) is 0.376. The lowest BCUT2D eigenvalue weighted by atomic mass is 9.98. The standard InChI is InChI=1S/C12H16N6O2/c1-9-15-12(20-16-9)10-3-2-4-17(5-10)11(19)6-18-8-13-7-14-18/h7-8,10H,2-6H2,1H3/t10-/m0/s1. The molecule has 20 heavy (non-hydrogen) atoms. The van der Waals surface area contributed by atoms with Crippen molar-refractivity contribution in [2.45, 2.75) is 32.2 Å². The molecule has 2 aromatic heterocycles. The van der Waals surface area contributed by atoms with Crippen molar-refractivity contribution in [3.63, 3.8) is 0 Å². The lowest BCUT2D eigenvalue weighted by molar-refractivity contribution is -0.133. The summed E-state index contributed by atoms with van der Waals surface area (Å²) in [5, 5.41) is 7.76. The fourth-order valence-electron chi connectivity index (χ4n) is 2.44. The highest BCUT2D eigenvalue weighted by molar-refractivity contribution is 5.76. The van der Waals surface area contributed by atoms with Crippen LogP contribution in [0.1, 0.15) is 30.5 Å². The van der Waals surface area contributed by atoms with Crippen molar-refractivity contribution < 1.29 is 9.32 Å². The Morgan fingerprint density at radius 1 is 1.55 bits per heavy atom. The molecule has 3 heterocycles. The minimum absolute atomic E-state index is 0.0384. The molecule has 106 valence electrons. The Morgan fingerprint density at radius 3 is 3.15 bits per heavy atom. The summed E-state index contributed by atoms with van der Waals surface area (Å²) in [6.07, 6.45) is 4.87. The van der Waals surface area contributed by atoms with E-state index < -0.39 is 0 Å². The van der Waals surface area contributed by atoms with E-state index in [-0.39, 0.29) is 18.4 Å². The van der Waals surface area contributed by atoms with Crippen LogP contribution in [0.4, 0.5) is 0 Å². The van der Waals surface area contributed by atoms with Gasteiger partial charge in [-0.15, -0.1) is 0 Å². The van der Waals surface area contributed by atoms with Crippen LogP contribution in [0.5, 0.6) is 0 Å². The number of carbonyl (C=O) groups excluding carboxylic acids is 1. The van der Waals surface area contributed by atoms with Gasteiger partial charge in [0, 0.05) is 13.1 Å². The highest BCUT2D eigenvalue weighted by Crippen LogP contribution is 2.25. The maximum Gasteiger partial charge on any atom is 0.244 e. The van der Waals surface area contributed by atoms with Gasteiger partial charge in [0.15, 0.2) is 5.82 Å². The third kappa shape index (κ3) is 2.68. The molecule has 1 amide bonds. The van der Waals surface area contributed by atoms with Crippen LogP contribution in [0, 0.1) is 6.92 Å². The monoisotopic (exact) mass is 276 g/mol. The number of hydrogen-bond donors (Lipinski definition) is 0. The van der Waals surface area contributed by atoms with Gasteiger partial charge in [-0.3, -0.25) is 4.79 Å². The molecule has 8 heteroatoms. The summed E-state index contributed by atoms with van der Waals surface area (Å²) < 4.78 is 6.74. The van der Waals surface area contributed by atoms with Crippen molar-refractivity contribution in [2.24, 2.45) is 0 Å². The Labute approximate surface area is 115 Å². The molecule has 0 unspecified atom stereocenters. The molecule has 0 saturated carbocycles. The SMILES string of the molecule is Cc1noc([C@H]2CCCN(C(=O)Cn3cncn3)C2)n1. The molecule has 1 aliphatic heterocycles. The topological polar surface area (TPSA) is 89.9 Å². The van der Waals surface area contributed by atoms with Gasteiger partial charge in [-0.25, -0.2) is 9.67 Å². The average molecular weight is 276 g/mol. The molecule has 1 aliphatic rings. The zero-order valence-electron chi connectivity index (χ0n) is 11.3. The number of aryl methyl sites for hydroxylation is 1. The molecule has 0 aliphatic carbocycles. The second kappa shape index (κ2) is 5.40. The van der Waals surface area contributed by atoms with Crippen LogP contribution < -0.4 is 0 Å². The van der Waals surface area contributed by atoms with Crippen molar-refractivity contribution in [3.8, 4) is 0 Å². The Bertz CT molecular complexity index is 579. The highest BCUT2D eigenvalue weighted by atomic mass is 16.5. The second-order valence-corrected chi connectivity index (χ2v) is 4.95. The summed E-state index contributed by atoms with van der Waals surface area (Å²) in [5.41, 5.74) is 0. The second-order valence-electron chi connectivity index (χ2n) is 4.95. The fraction of sp³-hybridized carbons (Fsp3) is 0.583. The minimum atomic E-state index is 0.0384. The quantitative estimate of drug-likeness (QED) is 0.804. The molecular weight excluding hydrogens is 260 g/mol. The highest BCUT2D eigenvalue weighted by Gasteiger charge is 2.28. The maximum absolute atomic E-state index is 12.2. The van der Waals surface area contributed by atoms with Crippen LogP contribution in [0.2, 0.25) is 0 Å². The number of likely N-dealkylation sites (tertiary alicyclic amines) is 1. The molecule has 8 nitrogen and oxygen atoms in total. The fourth-order valence-corrected chi connectivity index (χ4v) is 2.44. The number of hydrogen-bond acceptors (Lipinski definition) is 6. The molecule has 1 saturated heterocycles. The van der Waals surface area contributed by atoms with E-state index in [1.807, 2.05) is 4.90 Å². The van der Waals surface area contributed by atoms with Crippen LogP contribution in [-0.4, -0.2) is 48.8 Å². The van der Waals surface area contributed by atoms with Crippen molar-refractivity contribution >= 4 is 5.91 Å². The van der Waals surface area contributed by atoms with Gasteiger partial charge in [0.05, 0.1) is 5.92 Å². The van der Waals surface area contributed by atoms with Crippen molar-refractivity contribution in [1.82, 2.24) is 29.8 Å². The van der Waals surface area contributed by atoms with Crippen LogP contribution in [-0.2, 0) is 11.3 Å². The molecule has 0 bridgehead atoms. The lowest BCUT2D eigenvalue weighted by Crippen LogP contribution is -2.41. The van der Waals surface area contributed by atoms with Gasteiger partial charge in [0.1, 0.15) is 19.2 Å². The first-order chi connectivity index (χ1) is 9.72. The van der Waals surface area contributed by atoms with E-state index in [1.165, 1.54) is 11.0 Å². The van der Waals surface area contributed by atoms with Crippen molar-refractivity contribution in [1.29, 1.82) is 0 Å². The van der Waals surface area contributed by atoms with Crippen LogP contribution in [0.15, 0.2) is 17.2 Å². The van der Waals surface area contributed by atoms with Gasteiger partial charge in [0.25, 0.3) is 0 Å². The van der Waals surface area contributed by atoms with E-state index in [2.05, 4.69) is 20.2 Å². The summed E-state index contributed by atoms with van der Waals surface area (Å²) >= 11 is 0. The zero-order valence-corrected chi connectivity index (χ0v) is 11.3. The van der Waals surface area contributed by atoms with E-state index in [4.69, 9.17) is 4.52 Å². The molecule has 1 fully saturated rings. The molecule has 0 radical (unpaired) electrons. The van der Waals surface area contributed by atoms with Crippen LogP contribution >= 0.6 is 0 Å². The summed E-state index contributed by atoms with van der Waals surface area (Å²) in [6, 6.07) is 0. The Hall–Kier alpha value is -2.25. The van der Waals surface area contributed by atoms with E-state index in [0.717, 1.165) is 19.4 Å². The first-order valence-electron chi connectivity index (χ1n) is 6.63. The van der Waals surface area contributed by atoms with E-state index in [0.29, 0.717) is 18.3 Å². The Kier molecular flexibility index (Phi) is 3.44. The number of rotatable bonds is 3. The average Bonchev–Trinajstić information content (AvgIpc) is 3.10. The Balaban J connectivity index is 1.64. The van der Waals surface area contributed by atoms with Gasteiger partial charge in [0.2, 0.25) is 11.8 Å². The predicted molar refractivity (Wildman–Crippen MR) is 67.6 cm³/mol. The minimum Gasteiger partial charge on any atom is -0.340 e. The molecule has 2 aromatic rings. The first-order valence-corrected chi connectivity index (χ1v) is 6.63. The van der Waals surface area contributed by atoms with E-state index >= 15 is 0 Å². The molecular formula is C12H16N6O2. The number of aromatic nitrogens is 5. The number of piperidine rings is 1. The lowest BCUT2D eigenvalue weighted by Gasteiger charge is -2.30. The molecule has 0 N–H and O–H groups in total. The number of carbonyl (C=O) groups is 1. The molecule has 0 aromatic carbocycles. The van der Waals surface area contributed by atoms with Gasteiger partial charge in [-0.2, -0.15) is 10.1 Å².